The number of nitrogens with one attached hydrogen (secondary N) is 1. The van der Waals surface area contributed by atoms with Crippen LogP contribution in [0.3, 0.4) is 0 Å². The molecule has 1 aromatic carbocycles. The van der Waals surface area contributed by atoms with Gasteiger partial charge in [0.15, 0.2) is 6.29 Å². The number of aromatic nitrogens is 3. The lowest BCUT2D eigenvalue weighted by atomic mass is 10.2. The van der Waals surface area contributed by atoms with Gasteiger partial charge >= 0.3 is 0 Å². The Kier molecular flexibility index (Phi) is 4.48. The van der Waals surface area contributed by atoms with Gasteiger partial charge in [0.05, 0.1) is 11.7 Å². The molecule has 0 aliphatic rings. The summed E-state index contributed by atoms with van der Waals surface area (Å²) < 4.78 is 12.3. The molecule has 0 saturated carbocycles. The Labute approximate surface area is 112 Å². The largest absolute Gasteiger partial charge is 0.377 e. The summed E-state index contributed by atoms with van der Waals surface area (Å²) in [6.07, 6.45) is 3.03. The van der Waals surface area contributed by atoms with Crippen molar-refractivity contribution in [2.75, 3.05) is 19.5 Å². The van der Waals surface area contributed by atoms with Crippen molar-refractivity contribution in [3.63, 3.8) is 0 Å². The molecule has 2 aromatic rings. The van der Waals surface area contributed by atoms with E-state index in [4.69, 9.17) is 9.47 Å². The van der Waals surface area contributed by atoms with Crippen molar-refractivity contribution in [1.29, 1.82) is 0 Å². The molecule has 19 heavy (non-hydrogen) atoms. The second kappa shape index (κ2) is 6.31. The van der Waals surface area contributed by atoms with Gasteiger partial charge in [-0.05, 0) is 25.1 Å². The first kappa shape index (κ1) is 13.5. The molecule has 0 bridgehead atoms. The third-order valence-electron chi connectivity index (χ3n) is 2.83. The zero-order valence-electron chi connectivity index (χ0n) is 11.3. The highest BCUT2D eigenvalue weighted by molar-refractivity contribution is 5.51. The van der Waals surface area contributed by atoms with Crippen molar-refractivity contribution in [1.82, 2.24) is 14.8 Å². The molecular weight excluding hydrogens is 244 g/mol. The highest BCUT2D eigenvalue weighted by atomic mass is 16.7. The maximum Gasteiger partial charge on any atom is 0.176 e. The number of nitrogens with zero attached hydrogens (tertiary/aromatic N) is 3. The fourth-order valence-electron chi connectivity index (χ4n) is 1.93. The van der Waals surface area contributed by atoms with E-state index in [2.05, 4.69) is 15.5 Å². The molecule has 1 aromatic heterocycles. The van der Waals surface area contributed by atoms with Crippen LogP contribution in [0.4, 0.5) is 5.69 Å². The van der Waals surface area contributed by atoms with Crippen LogP contribution in [-0.2, 0) is 9.47 Å². The van der Waals surface area contributed by atoms with Gasteiger partial charge in [-0.15, -0.1) is 10.2 Å². The number of anilines is 1. The van der Waals surface area contributed by atoms with E-state index in [-0.39, 0.29) is 12.3 Å². The van der Waals surface area contributed by atoms with E-state index in [0.29, 0.717) is 0 Å². The molecule has 0 radical (unpaired) electrons. The highest BCUT2D eigenvalue weighted by Crippen LogP contribution is 2.16. The van der Waals surface area contributed by atoms with E-state index >= 15 is 0 Å². The fraction of sp³-hybridized carbons (Fsp3) is 0.385. The summed E-state index contributed by atoms with van der Waals surface area (Å²) in [5.74, 6) is 0. The van der Waals surface area contributed by atoms with Crippen LogP contribution in [0.1, 0.15) is 6.92 Å². The van der Waals surface area contributed by atoms with E-state index in [1.165, 1.54) is 0 Å². The Morgan fingerprint density at radius 1 is 1.16 bits per heavy atom. The van der Waals surface area contributed by atoms with Crippen molar-refractivity contribution in [3.8, 4) is 5.69 Å². The van der Waals surface area contributed by atoms with Crippen molar-refractivity contribution < 1.29 is 9.47 Å². The Balaban J connectivity index is 2.11. The summed E-state index contributed by atoms with van der Waals surface area (Å²) in [5, 5.41) is 10.9. The van der Waals surface area contributed by atoms with Gasteiger partial charge in [0.1, 0.15) is 12.7 Å². The van der Waals surface area contributed by atoms with E-state index in [1.54, 1.807) is 26.9 Å². The van der Waals surface area contributed by atoms with Crippen molar-refractivity contribution in [3.05, 3.63) is 36.9 Å². The number of methoxy groups -OCH3 is 2. The first-order valence-corrected chi connectivity index (χ1v) is 6.02. The molecule has 1 unspecified atom stereocenters. The van der Waals surface area contributed by atoms with Crippen LogP contribution in [0, 0.1) is 0 Å². The number of benzene rings is 1. The average molecular weight is 262 g/mol. The van der Waals surface area contributed by atoms with Crippen molar-refractivity contribution in [2.24, 2.45) is 0 Å². The Morgan fingerprint density at radius 2 is 1.84 bits per heavy atom. The molecule has 0 aliphatic heterocycles. The van der Waals surface area contributed by atoms with E-state index < -0.39 is 0 Å². The van der Waals surface area contributed by atoms with Gasteiger partial charge < -0.3 is 14.8 Å². The molecule has 0 aliphatic carbocycles. The highest BCUT2D eigenvalue weighted by Gasteiger charge is 2.15. The standard InChI is InChI=1S/C13H18N4O2/c1-10(13(18-2)19-3)16-11-5-4-6-12(7-11)17-8-14-15-9-17/h4-10,13,16H,1-3H3. The molecule has 0 saturated heterocycles. The molecular formula is C13H18N4O2. The minimum Gasteiger partial charge on any atom is -0.377 e. The van der Waals surface area contributed by atoms with Crippen LogP contribution < -0.4 is 5.32 Å². The number of rotatable bonds is 6. The quantitative estimate of drug-likeness (QED) is 0.803. The van der Waals surface area contributed by atoms with Gasteiger partial charge in [-0.25, -0.2) is 0 Å². The molecule has 6 nitrogen and oxygen atoms in total. The molecule has 1 heterocycles. The van der Waals surface area contributed by atoms with E-state index in [0.717, 1.165) is 11.4 Å². The van der Waals surface area contributed by atoms with Crippen LogP contribution >= 0.6 is 0 Å². The lowest BCUT2D eigenvalue weighted by Gasteiger charge is -2.23. The third kappa shape index (κ3) is 3.30. The van der Waals surface area contributed by atoms with E-state index in [1.807, 2.05) is 35.8 Å². The molecule has 1 atom stereocenters. The smallest absolute Gasteiger partial charge is 0.176 e. The molecule has 0 spiro atoms. The minimum atomic E-state index is -0.293. The normalized spacial score (nSPS) is 12.6. The average Bonchev–Trinajstić information content (AvgIpc) is 2.94. The monoisotopic (exact) mass is 262 g/mol. The van der Waals surface area contributed by atoms with E-state index in [9.17, 15) is 0 Å². The second-order valence-electron chi connectivity index (χ2n) is 4.19. The maximum absolute atomic E-state index is 5.23. The van der Waals surface area contributed by atoms with Crippen molar-refractivity contribution in [2.45, 2.75) is 19.3 Å². The molecule has 6 heteroatoms. The van der Waals surface area contributed by atoms with Crippen LogP contribution in [0.25, 0.3) is 5.69 Å². The topological polar surface area (TPSA) is 61.2 Å². The number of hydrogen-bond acceptors (Lipinski definition) is 5. The fourth-order valence-corrected chi connectivity index (χ4v) is 1.93. The number of hydrogen-bond donors (Lipinski definition) is 1. The molecule has 1 N–H and O–H groups in total. The van der Waals surface area contributed by atoms with Crippen LogP contribution in [0.5, 0.6) is 0 Å². The summed E-state index contributed by atoms with van der Waals surface area (Å²) in [5.41, 5.74) is 1.98. The first-order valence-electron chi connectivity index (χ1n) is 6.02. The van der Waals surface area contributed by atoms with Crippen LogP contribution in [-0.4, -0.2) is 41.3 Å². The first-order chi connectivity index (χ1) is 9.24. The van der Waals surface area contributed by atoms with Gasteiger partial charge in [0.25, 0.3) is 0 Å². The van der Waals surface area contributed by atoms with Crippen molar-refractivity contribution >= 4 is 5.69 Å². The minimum absolute atomic E-state index is 0.0335. The lowest BCUT2D eigenvalue weighted by molar-refractivity contribution is -0.109. The van der Waals surface area contributed by atoms with Gasteiger partial charge in [0.2, 0.25) is 0 Å². The summed E-state index contributed by atoms with van der Waals surface area (Å²) in [4.78, 5) is 0. The number of ether oxygens (including phenoxy) is 2. The Hall–Kier alpha value is -1.92. The lowest BCUT2D eigenvalue weighted by Crippen LogP contribution is -2.33. The van der Waals surface area contributed by atoms with Gasteiger partial charge in [-0.3, -0.25) is 4.57 Å². The van der Waals surface area contributed by atoms with Gasteiger partial charge in [-0.1, -0.05) is 6.07 Å². The Morgan fingerprint density at radius 3 is 2.47 bits per heavy atom. The SMILES string of the molecule is COC(OC)C(C)Nc1cccc(-n2cnnc2)c1. The molecule has 2 rings (SSSR count). The predicted octanol–water partition coefficient (Wildman–Crippen LogP) is 1.69. The molecule has 102 valence electrons. The van der Waals surface area contributed by atoms with Gasteiger partial charge in [0, 0.05) is 19.9 Å². The third-order valence-corrected chi connectivity index (χ3v) is 2.83. The molecule has 0 amide bonds. The predicted molar refractivity (Wildman–Crippen MR) is 72.2 cm³/mol. The molecule has 0 fully saturated rings. The van der Waals surface area contributed by atoms with Crippen LogP contribution in [0.2, 0.25) is 0 Å². The summed E-state index contributed by atoms with van der Waals surface area (Å²) >= 11 is 0. The summed E-state index contributed by atoms with van der Waals surface area (Å²) in [6, 6.07) is 8.00. The summed E-state index contributed by atoms with van der Waals surface area (Å²) in [6.45, 7) is 2.00. The zero-order valence-corrected chi connectivity index (χ0v) is 11.3. The zero-order chi connectivity index (χ0) is 13.7. The maximum atomic E-state index is 5.23. The van der Waals surface area contributed by atoms with Crippen LogP contribution in [0.15, 0.2) is 36.9 Å². The summed E-state index contributed by atoms with van der Waals surface area (Å²) in [7, 11) is 3.25. The Bertz CT molecular complexity index is 497. The second-order valence-corrected chi connectivity index (χ2v) is 4.19. The van der Waals surface area contributed by atoms with Gasteiger partial charge in [-0.2, -0.15) is 0 Å².